The van der Waals surface area contributed by atoms with Gasteiger partial charge in [-0.1, -0.05) is 68.8 Å². The zero-order valence-corrected chi connectivity index (χ0v) is 21.2. The van der Waals surface area contributed by atoms with Gasteiger partial charge in [-0.05, 0) is 64.0 Å². The highest BCUT2D eigenvalue weighted by Gasteiger charge is 2.24. The molecule has 0 spiro atoms. The molecule has 34 heavy (non-hydrogen) atoms. The molecule has 0 saturated carbocycles. The van der Waals surface area contributed by atoms with Crippen LogP contribution >= 0.6 is 9.24 Å². The highest BCUT2D eigenvalue weighted by molar-refractivity contribution is 7.28. The lowest BCUT2D eigenvalue weighted by Crippen LogP contribution is -2.11. The minimum atomic E-state index is 0.149. The molecule has 3 heteroatoms. The Kier molecular flexibility index (Phi) is 3.96. The summed E-state index contributed by atoms with van der Waals surface area (Å²) in [6.07, 6.45) is 2.96. The molecular weight excluding hydrogens is 431 g/mol. The van der Waals surface area contributed by atoms with E-state index in [1.807, 2.05) is 6.20 Å². The Morgan fingerprint density at radius 1 is 0.824 bits per heavy atom. The Bertz CT molecular complexity index is 1940. The van der Waals surface area contributed by atoms with Crippen LogP contribution in [0.15, 0.2) is 66.9 Å². The van der Waals surface area contributed by atoms with E-state index in [0.29, 0.717) is 0 Å². The molecule has 0 amide bonds. The van der Waals surface area contributed by atoms with Crippen molar-refractivity contribution in [2.75, 3.05) is 0 Å². The van der Waals surface area contributed by atoms with Crippen LogP contribution in [0.4, 0.5) is 0 Å². The van der Waals surface area contributed by atoms with E-state index in [-0.39, 0.29) is 5.41 Å². The molecule has 0 N–H and O–H groups in total. The molecule has 1 unspecified atom stereocenters. The van der Waals surface area contributed by atoms with E-state index in [0.717, 1.165) is 11.9 Å². The van der Waals surface area contributed by atoms with E-state index in [9.17, 15) is 0 Å². The summed E-state index contributed by atoms with van der Waals surface area (Å²) in [5.74, 6) is 0. The molecule has 0 aliphatic carbocycles. The normalized spacial score (nSPS) is 13.0. The predicted molar refractivity (Wildman–Crippen MR) is 151 cm³/mol. The SMILES string of the molecule is Cc1ccc2cc3c4nccc5ccc6c7c(P)cccc7n(c3c(CC(C)(C)C)c2c1)c6c54. The Labute approximate surface area is 201 Å². The van der Waals surface area contributed by atoms with Crippen LogP contribution in [0.2, 0.25) is 0 Å². The minimum Gasteiger partial charge on any atom is -0.308 e. The van der Waals surface area contributed by atoms with Crippen LogP contribution in [0.3, 0.4) is 0 Å². The molecule has 0 aliphatic heterocycles. The van der Waals surface area contributed by atoms with Gasteiger partial charge in [0.1, 0.15) is 0 Å². The number of nitrogens with zero attached hydrogens (tertiary/aromatic N) is 2. The summed E-state index contributed by atoms with van der Waals surface area (Å²) in [7, 11) is 2.96. The van der Waals surface area contributed by atoms with E-state index < -0.39 is 0 Å². The first-order chi connectivity index (χ1) is 16.3. The Hall–Kier alpha value is -3.22. The van der Waals surface area contributed by atoms with Crippen molar-refractivity contribution < 1.29 is 0 Å². The van der Waals surface area contributed by atoms with Gasteiger partial charge in [0.2, 0.25) is 0 Å². The first-order valence-corrected chi connectivity index (χ1v) is 12.6. The van der Waals surface area contributed by atoms with Gasteiger partial charge >= 0.3 is 0 Å². The zero-order chi connectivity index (χ0) is 23.4. The van der Waals surface area contributed by atoms with Crippen LogP contribution in [-0.4, -0.2) is 9.38 Å². The van der Waals surface area contributed by atoms with E-state index in [1.54, 1.807) is 0 Å². The number of hydrogen-bond donors (Lipinski definition) is 0. The summed E-state index contributed by atoms with van der Waals surface area (Å²) in [5, 5.41) is 10.3. The fraction of sp³-hybridized carbons (Fsp3) is 0.194. The van der Waals surface area contributed by atoms with Crippen LogP contribution in [0.5, 0.6) is 0 Å². The van der Waals surface area contributed by atoms with Crippen molar-refractivity contribution >= 4 is 74.3 Å². The first-order valence-electron chi connectivity index (χ1n) is 12.0. The molecule has 7 aromatic rings. The van der Waals surface area contributed by atoms with Gasteiger partial charge in [-0.2, -0.15) is 0 Å². The van der Waals surface area contributed by atoms with Crippen LogP contribution in [0.25, 0.3) is 59.8 Å². The number of fused-ring (bicyclic) bond motifs is 7. The number of aromatic nitrogens is 2. The zero-order valence-electron chi connectivity index (χ0n) is 20.0. The van der Waals surface area contributed by atoms with Crippen molar-refractivity contribution in [1.82, 2.24) is 9.38 Å². The Morgan fingerprint density at radius 2 is 1.65 bits per heavy atom. The Morgan fingerprint density at radius 3 is 2.47 bits per heavy atom. The molecule has 3 aromatic heterocycles. The van der Waals surface area contributed by atoms with Crippen molar-refractivity contribution in [3.05, 3.63) is 78.0 Å². The second-order valence-electron chi connectivity index (χ2n) is 11.0. The maximum Gasteiger partial charge on any atom is 0.0823 e. The average Bonchev–Trinajstić information content (AvgIpc) is 3.14. The van der Waals surface area contributed by atoms with Gasteiger partial charge < -0.3 is 4.40 Å². The lowest BCUT2D eigenvalue weighted by molar-refractivity contribution is 0.413. The average molecular weight is 459 g/mol. The molecule has 0 saturated heterocycles. The van der Waals surface area contributed by atoms with Gasteiger partial charge in [0, 0.05) is 27.7 Å². The molecule has 0 radical (unpaired) electrons. The first kappa shape index (κ1) is 20.2. The lowest BCUT2D eigenvalue weighted by atomic mass is 9.84. The monoisotopic (exact) mass is 458 g/mol. The number of benzene rings is 4. The second-order valence-corrected chi connectivity index (χ2v) is 11.6. The molecule has 2 nitrogen and oxygen atoms in total. The second kappa shape index (κ2) is 6.68. The molecule has 0 aliphatic rings. The van der Waals surface area contributed by atoms with E-state index in [4.69, 9.17) is 4.98 Å². The third-order valence-electron chi connectivity index (χ3n) is 7.27. The molecule has 4 aromatic carbocycles. The summed E-state index contributed by atoms with van der Waals surface area (Å²) >= 11 is 0. The van der Waals surface area contributed by atoms with Crippen LogP contribution in [-0.2, 0) is 6.42 Å². The highest BCUT2D eigenvalue weighted by atomic mass is 31.0. The van der Waals surface area contributed by atoms with Gasteiger partial charge in [-0.25, -0.2) is 0 Å². The fourth-order valence-corrected chi connectivity index (χ4v) is 6.41. The molecule has 0 fully saturated rings. The lowest BCUT2D eigenvalue weighted by Gasteiger charge is -2.23. The molecule has 3 heterocycles. The highest BCUT2D eigenvalue weighted by Crippen LogP contribution is 2.43. The number of hydrogen-bond acceptors (Lipinski definition) is 1. The van der Waals surface area contributed by atoms with Gasteiger partial charge in [-0.15, -0.1) is 9.24 Å². The quantitative estimate of drug-likeness (QED) is 0.139. The molecule has 1 atom stereocenters. The van der Waals surface area contributed by atoms with Gasteiger partial charge in [0.05, 0.1) is 22.1 Å². The molecule has 7 rings (SSSR count). The number of rotatable bonds is 1. The standard InChI is InChI=1S/C31H27N2P/c1-17-8-9-19-15-22-28-26-18(12-13-32-28)10-11-20-27-24(6-5-7-25(27)34)33(30(20)26)29(22)23(21(19)14-17)16-31(2,3)4/h5-15H,16,34H2,1-4H3. The number of pyridine rings is 2. The number of aryl methyl sites for hydroxylation is 1. The minimum absolute atomic E-state index is 0.149. The van der Waals surface area contributed by atoms with Gasteiger partial charge in [-0.3, -0.25) is 4.98 Å². The van der Waals surface area contributed by atoms with E-state index in [2.05, 4.69) is 102 Å². The largest absolute Gasteiger partial charge is 0.308 e. The summed E-state index contributed by atoms with van der Waals surface area (Å²) in [5.41, 5.74) is 7.85. The summed E-state index contributed by atoms with van der Waals surface area (Å²) in [4.78, 5) is 5.00. The summed E-state index contributed by atoms with van der Waals surface area (Å²) in [6.45, 7) is 9.22. The third-order valence-corrected chi connectivity index (χ3v) is 7.75. The van der Waals surface area contributed by atoms with Crippen LogP contribution in [0, 0.1) is 12.3 Å². The molecule has 0 bridgehead atoms. The molecular formula is C31H27N2P. The van der Waals surface area contributed by atoms with Gasteiger partial charge in [0.25, 0.3) is 0 Å². The van der Waals surface area contributed by atoms with E-state index in [1.165, 1.54) is 70.7 Å². The van der Waals surface area contributed by atoms with Gasteiger partial charge in [0.15, 0.2) is 0 Å². The van der Waals surface area contributed by atoms with Crippen LogP contribution < -0.4 is 5.30 Å². The van der Waals surface area contributed by atoms with Crippen molar-refractivity contribution in [3.8, 4) is 0 Å². The van der Waals surface area contributed by atoms with Crippen molar-refractivity contribution in [2.45, 2.75) is 34.1 Å². The van der Waals surface area contributed by atoms with Crippen LogP contribution in [0.1, 0.15) is 31.9 Å². The third kappa shape index (κ3) is 2.64. The maximum absolute atomic E-state index is 5.00. The van der Waals surface area contributed by atoms with Crippen molar-refractivity contribution in [2.24, 2.45) is 5.41 Å². The molecule has 166 valence electrons. The summed E-state index contributed by atoms with van der Waals surface area (Å²) in [6, 6.07) is 22.6. The Balaban J connectivity index is 1.90. The predicted octanol–water partition coefficient (Wildman–Crippen LogP) is 7.94. The van der Waals surface area contributed by atoms with Crippen molar-refractivity contribution in [1.29, 1.82) is 0 Å². The smallest absolute Gasteiger partial charge is 0.0823 e. The maximum atomic E-state index is 5.00. The fourth-order valence-electron chi connectivity index (χ4n) is 6.00. The van der Waals surface area contributed by atoms with E-state index >= 15 is 0 Å². The topological polar surface area (TPSA) is 17.3 Å². The van der Waals surface area contributed by atoms with Crippen molar-refractivity contribution in [3.63, 3.8) is 0 Å². The summed E-state index contributed by atoms with van der Waals surface area (Å²) < 4.78 is 2.55.